The molecule has 0 spiro atoms. The van der Waals surface area contributed by atoms with Gasteiger partial charge in [0, 0.05) is 25.6 Å². The Morgan fingerprint density at radius 2 is 1.78 bits per heavy atom. The summed E-state index contributed by atoms with van der Waals surface area (Å²) in [5, 5.41) is 6.90. The third-order valence-corrected chi connectivity index (χ3v) is 4.14. The van der Waals surface area contributed by atoms with Crippen LogP contribution in [-0.2, 0) is 6.54 Å². The van der Waals surface area contributed by atoms with Gasteiger partial charge in [-0.1, -0.05) is 60.2 Å². The van der Waals surface area contributed by atoms with Crippen LogP contribution in [0.4, 0.5) is 0 Å². The first-order valence-electron chi connectivity index (χ1n) is 7.84. The molecular weight excluding hydrogens is 397 g/mol. The number of nitrogens with one attached hydrogen (secondary N) is 2. The molecule has 0 radical (unpaired) electrons. The molecule has 2 aromatic rings. The van der Waals surface area contributed by atoms with E-state index >= 15 is 0 Å². The van der Waals surface area contributed by atoms with Crippen LogP contribution in [0.25, 0.3) is 0 Å². The first-order valence-corrected chi connectivity index (χ1v) is 7.84. The van der Waals surface area contributed by atoms with Crippen LogP contribution >= 0.6 is 24.0 Å². The molecule has 1 saturated carbocycles. The summed E-state index contributed by atoms with van der Waals surface area (Å²) in [5.41, 5.74) is 3.97. The van der Waals surface area contributed by atoms with Gasteiger partial charge in [-0.3, -0.25) is 4.99 Å². The van der Waals surface area contributed by atoms with Gasteiger partial charge in [0.15, 0.2) is 5.96 Å². The minimum atomic E-state index is 0. The minimum Gasteiger partial charge on any atom is -0.353 e. The van der Waals surface area contributed by atoms with Crippen molar-refractivity contribution in [2.75, 3.05) is 7.05 Å². The van der Waals surface area contributed by atoms with E-state index in [0.717, 1.165) is 12.5 Å². The van der Waals surface area contributed by atoms with Crippen molar-refractivity contribution in [3.63, 3.8) is 0 Å². The molecule has 2 atom stereocenters. The van der Waals surface area contributed by atoms with Crippen molar-refractivity contribution in [3.8, 4) is 0 Å². The summed E-state index contributed by atoms with van der Waals surface area (Å²) in [7, 11) is 1.82. The monoisotopic (exact) mass is 421 g/mol. The Morgan fingerprint density at radius 1 is 1.09 bits per heavy atom. The Balaban J connectivity index is 0.00000192. The molecule has 3 rings (SSSR count). The number of benzene rings is 2. The zero-order valence-corrected chi connectivity index (χ0v) is 16.0. The lowest BCUT2D eigenvalue weighted by Crippen LogP contribution is -2.38. The van der Waals surface area contributed by atoms with Gasteiger partial charge >= 0.3 is 0 Å². The second-order valence-electron chi connectivity index (χ2n) is 5.92. The van der Waals surface area contributed by atoms with E-state index < -0.39 is 0 Å². The van der Waals surface area contributed by atoms with Gasteiger partial charge in [0.05, 0.1) is 0 Å². The molecule has 122 valence electrons. The molecule has 0 bridgehead atoms. The van der Waals surface area contributed by atoms with Crippen molar-refractivity contribution in [3.05, 3.63) is 71.3 Å². The van der Waals surface area contributed by atoms with Crippen molar-refractivity contribution in [1.82, 2.24) is 10.6 Å². The molecule has 1 fully saturated rings. The quantitative estimate of drug-likeness (QED) is 0.447. The van der Waals surface area contributed by atoms with Crippen LogP contribution in [0, 0.1) is 6.92 Å². The summed E-state index contributed by atoms with van der Waals surface area (Å²) in [4.78, 5) is 4.32. The molecule has 0 amide bonds. The molecular formula is C19H24IN3. The third-order valence-electron chi connectivity index (χ3n) is 4.14. The van der Waals surface area contributed by atoms with Crippen molar-refractivity contribution in [2.24, 2.45) is 4.99 Å². The normalized spacial score (nSPS) is 19.7. The maximum atomic E-state index is 4.32. The van der Waals surface area contributed by atoms with E-state index in [-0.39, 0.29) is 24.0 Å². The summed E-state index contributed by atoms with van der Waals surface area (Å²) in [6.07, 6.45) is 1.18. The summed E-state index contributed by atoms with van der Waals surface area (Å²) in [6, 6.07) is 19.8. The Morgan fingerprint density at radius 3 is 2.43 bits per heavy atom. The second kappa shape index (κ2) is 8.34. The van der Waals surface area contributed by atoms with Crippen LogP contribution in [0.15, 0.2) is 59.6 Å². The van der Waals surface area contributed by atoms with Gasteiger partial charge in [0.2, 0.25) is 0 Å². The van der Waals surface area contributed by atoms with Gasteiger partial charge < -0.3 is 10.6 Å². The maximum absolute atomic E-state index is 4.32. The van der Waals surface area contributed by atoms with Crippen LogP contribution in [0.1, 0.15) is 29.0 Å². The Labute approximate surface area is 155 Å². The first-order chi connectivity index (χ1) is 10.8. The van der Waals surface area contributed by atoms with E-state index in [1.807, 2.05) is 7.05 Å². The molecule has 0 aliphatic heterocycles. The van der Waals surface area contributed by atoms with Crippen LogP contribution in [0.5, 0.6) is 0 Å². The summed E-state index contributed by atoms with van der Waals surface area (Å²) in [5.74, 6) is 1.49. The smallest absolute Gasteiger partial charge is 0.191 e. The minimum absolute atomic E-state index is 0. The van der Waals surface area contributed by atoms with Crippen molar-refractivity contribution in [1.29, 1.82) is 0 Å². The predicted octanol–water partition coefficient (Wildman–Crippen LogP) is 3.83. The lowest BCUT2D eigenvalue weighted by molar-refractivity contribution is 0.790. The predicted molar refractivity (Wildman–Crippen MR) is 108 cm³/mol. The topological polar surface area (TPSA) is 36.4 Å². The highest BCUT2D eigenvalue weighted by atomic mass is 127. The van der Waals surface area contributed by atoms with Crippen LogP contribution < -0.4 is 10.6 Å². The van der Waals surface area contributed by atoms with E-state index in [1.54, 1.807) is 0 Å². The number of aryl methyl sites for hydroxylation is 1. The van der Waals surface area contributed by atoms with Crippen molar-refractivity contribution >= 4 is 29.9 Å². The zero-order chi connectivity index (χ0) is 15.4. The lowest BCUT2D eigenvalue weighted by Gasteiger charge is -2.12. The molecule has 0 heterocycles. The summed E-state index contributed by atoms with van der Waals surface area (Å²) in [6.45, 7) is 2.90. The number of halogens is 1. The number of aliphatic imine (C=N–C) groups is 1. The number of guanidine groups is 1. The Hall–Kier alpha value is -1.56. The van der Waals surface area contributed by atoms with E-state index in [9.17, 15) is 0 Å². The fourth-order valence-corrected chi connectivity index (χ4v) is 2.69. The van der Waals surface area contributed by atoms with Gasteiger partial charge in [-0.05, 0) is 24.5 Å². The number of hydrogen-bond donors (Lipinski definition) is 2. The summed E-state index contributed by atoms with van der Waals surface area (Å²) < 4.78 is 0. The molecule has 3 nitrogen and oxygen atoms in total. The van der Waals surface area contributed by atoms with Gasteiger partial charge in [-0.2, -0.15) is 0 Å². The molecule has 23 heavy (non-hydrogen) atoms. The van der Waals surface area contributed by atoms with Crippen LogP contribution in [0.2, 0.25) is 0 Å². The highest BCUT2D eigenvalue weighted by Gasteiger charge is 2.38. The highest BCUT2D eigenvalue weighted by Crippen LogP contribution is 2.40. The second-order valence-corrected chi connectivity index (χ2v) is 5.92. The molecule has 2 aromatic carbocycles. The first kappa shape index (κ1) is 17.8. The third kappa shape index (κ3) is 4.96. The molecule has 4 heteroatoms. The standard InChI is InChI=1S/C19H23N3.HI/c1-14-8-10-15(11-9-14)13-21-19(20-2)22-18-12-17(18)16-6-4-3-5-7-16;/h3-11,17-18H,12-13H2,1-2H3,(H2,20,21,22);1H. The zero-order valence-electron chi connectivity index (χ0n) is 13.6. The number of hydrogen-bond acceptors (Lipinski definition) is 1. The molecule has 0 saturated heterocycles. The average molecular weight is 421 g/mol. The van der Waals surface area contributed by atoms with Gasteiger partial charge in [-0.15, -0.1) is 24.0 Å². The van der Waals surface area contributed by atoms with Gasteiger partial charge in [-0.25, -0.2) is 0 Å². The number of rotatable bonds is 4. The van der Waals surface area contributed by atoms with Crippen molar-refractivity contribution in [2.45, 2.75) is 31.8 Å². The Bertz CT molecular complexity index is 637. The Kier molecular flexibility index (Phi) is 6.45. The molecule has 2 unspecified atom stereocenters. The van der Waals surface area contributed by atoms with Gasteiger partial charge in [0.25, 0.3) is 0 Å². The largest absolute Gasteiger partial charge is 0.353 e. The maximum Gasteiger partial charge on any atom is 0.191 e. The number of nitrogens with zero attached hydrogens (tertiary/aromatic N) is 1. The SMILES string of the molecule is CN=C(NCc1ccc(C)cc1)NC1CC1c1ccccc1.I. The van der Waals surface area contributed by atoms with E-state index in [0.29, 0.717) is 12.0 Å². The molecule has 1 aliphatic rings. The average Bonchev–Trinajstić information content (AvgIpc) is 3.33. The van der Waals surface area contributed by atoms with E-state index in [4.69, 9.17) is 0 Å². The molecule has 2 N–H and O–H groups in total. The summed E-state index contributed by atoms with van der Waals surface area (Å²) >= 11 is 0. The fourth-order valence-electron chi connectivity index (χ4n) is 2.69. The van der Waals surface area contributed by atoms with Crippen molar-refractivity contribution < 1.29 is 0 Å². The molecule has 1 aliphatic carbocycles. The fraction of sp³-hybridized carbons (Fsp3) is 0.316. The lowest BCUT2D eigenvalue weighted by atomic mass is 10.1. The van der Waals surface area contributed by atoms with Crippen LogP contribution in [-0.4, -0.2) is 19.0 Å². The van der Waals surface area contributed by atoms with E-state index in [2.05, 4.69) is 77.1 Å². The van der Waals surface area contributed by atoms with Crippen LogP contribution in [0.3, 0.4) is 0 Å². The van der Waals surface area contributed by atoms with E-state index in [1.165, 1.54) is 23.1 Å². The molecule has 0 aromatic heterocycles. The van der Waals surface area contributed by atoms with Gasteiger partial charge in [0.1, 0.15) is 0 Å². The highest BCUT2D eigenvalue weighted by molar-refractivity contribution is 14.0.